The molecule has 0 fully saturated rings. The van der Waals surface area contributed by atoms with E-state index in [0.29, 0.717) is 6.54 Å². The number of alkyl halides is 3. The van der Waals surface area contributed by atoms with Gasteiger partial charge in [0.05, 0.1) is 5.56 Å². The number of thiophene rings is 1. The van der Waals surface area contributed by atoms with Crippen LogP contribution in [0.1, 0.15) is 33.8 Å². The molecule has 20 heavy (non-hydrogen) atoms. The van der Waals surface area contributed by atoms with Crippen LogP contribution in [0.15, 0.2) is 36.4 Å². The van der Waals surface area contributed by atoms with Gasteiger partial charge in [0.2, 0.25) is 0 Å². The summed E-state index contributed by atoms with van der Waals surface area (Å²) in [6.45, 7) is 4.34. The fraction of sp³-hybridized carbons (Fsp3) is 0.333. The number of hydrogen-bond donors (Lipinski definition) is 1. The van der Waals surface area contributed by atoms with Crippen LogP contribution < -0.4 is 5.32 Å². The second-order valence-electron chi connectivity index (χ2n) is 4.70. The standard InChI is InChI=1S/C15H16F3NS/c1-10-7-8-12(20-10)9-19-11(2)13-5-3-4-6-14(13)15(16,17)18/h3-8,11,19H,9H2,1-2H3. The Kier molecular flexibility index (Phi) is 4.50. The first kappa shape index (κ1) is 15.1. The van der Waals surface area contributed by atoms with Gasteiger partial charge in [-0.2, -0.15) is 13.2 Å². The quantitative estimate of drug-likeness (QED) is 0.844. The molecule has 1 aromatic heterocycles. The minimum atomic E-state index is -4.31. The lowest BCUT2D eigenvalue weighted by molar-refractivity contribution is -0.138. The highest BCUT2D eigenvalue weighted by molar-refractivity contribution is 7.11. The van der Waals surface area contributed by atoms with Gasteiger partial charge in [-0.15, -0.1) is 11.3 Å². The molecule has 1 atom stereocenters. The van der Waals surface area contributed by atoms with E-state index < -0.39 is 11.7 Å². The average molecular weight is 299 g/mol. The number of nitrogens with one attached hydrogen (secondary N) is 1. The Morgan fingerprint density at radius 2 is 1.85 bits per heavy atom. The van der Waals surface area contributed by atoms with E-state index in [1.165, 1.54) is 17.0 Å². The first-order valence-electron chi connectivity index (χ1n) is 6.33. The Morgan fingerprint density at radius 3 is 2.45 bits per heavy atom. The number of aryl methyl sites for hydroxylation is 1. The fourth-order valence-corrected chi connectivity index (χ4v) is 2.92. The summed E-state index contributed by atoms with van der Waals surface area (Å²) in [5.41, 5.74) is -0.282. The molecule has 5 heteroatoms. The number of hydrogen-bond acceptors (Lipinski definition) is 2. The van der Waals surface area contributed by atoms with Crippen LogP contribution in [0, 0.1) is 6.92 Å². The summed E-state index contributed by atoms with van der Waals surface area (Å²) in [6, 6.07) is 9.36. The summed E-state index contributed by atoms with van der Waals surface area (Å²) < 4.78 is 38.8. The first-order valence-corrected chi connectivity index (χ1v) is 7.14. The van der Waals surface area contributed by atoms with Gasteiger partial charge < -0.3 is 5.32 Å². The lowest BCUT2D eigenvalue weighted by Gasteiger charge is -2.19. The second kappa shape index (κ2) is 5.97. The molecule has 1 N–H and O–H groups in total. The van der Waals surface area contributed by atoms with E-state index in [9.17, 15) is 13.2 Å². The van der Waals surface area contributed by atoms with Crippen LogP contribution in [-0.4, -0.2) is 0 Å². The molecule has 1 heterocycles. The maximum absolute atomic E-state index is 12.9. The summed E-state index contributed by atoms with van der Waals surface area (Å²) in [5, 5.41) is 3.15. The van der Waals surface area contributed by atoms with Gasteiger partial charge in [0.15, 0.2) is 0 Å². The van der Waals surface area contributed by atoms with Crippen molar-refractivity contribution in [1.29, 1.82) is 0 Å². The van der Waals surface area contributed by atoms with Crippen molar-refractivity contribution in [2.45, 2.75) is 32.6 Å². The molecule has 1 aromatic carbocycles. The lowest BCUT2D eigenvalue weighted by atomic mass is 10.0. The minimum absolute atomic E-state index is 0.285. The summed E-state index contributed by atoms with van der Waals surface area (Å²) in [6.07, 6.45) is -4.31. The van der Waals surface area contributed by atoms with E-state index >= 15 is 0 Å². The van der Waals surface area contributed by atoms with Crippen molar-refractivity contribution >= 4 is 11.3 Å². The van der Waals surface area contributed by atoms with E-state index in [1.54, 1.807) is 24.3 Å². The monoisotopic (exact) mass is 299 g/mol. The van der Waals surface area contributed by atoms with Gasteiger partial charge in [-0.3, -0.25) is 0 Å². The number of halogens is 3. The first-order chi connectivity index (χ1) is 9.38. The van der Waals surface area contributed by atoms with Crippen LogP contribution in [0.2, 0.25) is 0 Å². The van der Waals surface area contributed by atoms with Crippen molar-refractivity contribution in [3.63, 3.8) is 0 Å². The molecule has 0 amide bonds. The predicted molar refractivity (Wildman–Crippen MR) is 75.8 cm³/mol. The zero-order valence-corrected chi connectivity index (χ0v) is 12.1. The largest absolute Gasteiger partial charge is 0.416 e. The van der Waals surface area contributed by atoms with Gasteiger partial charge in [-0.05, 0) is 37.6 Å². The van der Waals surface area contributed by atoms with Crippen molar-refractivity contribution in [1.82, 2.24) is 5.32 Å². The number of rotatable bonds is 4. The van der Waals surface area contributed by atoms with E-state index in [1.807, 2.05) is 19.1 Å². The Labute approximate surface area is 120 Å². The molecular weight excluding hydrogens is 283 g/mol. The third-order valence-corrected chi connectivity index (χ3v) is 4.11. The molecule has 0 bridgehead atoms. The Hall–Kier alpha value is -1.33. The van der Waals surface area contributed by atoms with Gasteiger partial charge in [0.25, 0.3) is 0 Å². The highest BCUT2D eigenvalue weighted by atomic mass is 32.1. The molecule has 0 aliphatic heterocycles. The SMILES string of the molecule is Cc1ccc(CNC(C)c2ccccc2C(F)(F)F)s1. The summed E-state index contributed by atoms with van der Waals surface area (Å²) in [5.74, 6) is 0. The molecule has 0 radical (unpaired) electrons. The van der Waals surface area contributed by atoms with Crippen LogP contribution in [0.3, 0.4) is 0 Å². The molecule has 0 aliphatic carbocycles. The van der Waals surface area contributed by atoms with Gasteiger partial charge in [-0.1, -0.05) is 18.2 Å². The van der Waals surface area contributed by atoms with E-state index in [4.69, 9.17) is 0 Å². The van der Waals surface area contributed by atoms with E-state index in [-0.39, 0.29) is 11.6 Å². The Morgan fingerprint density at radius 1 is 1.15 bits per heavy atom. The molecular formula is C15H16F3NS. The van der Waals surface area contributed by atoms with Crippen LogP contribution in [0.4, 0.5) is 13.2 Å². The van der Waals surface area contributed by atoms with Crippen molar-refractivity contribution in [3.8, 4) is 0 Å². The third-order valence-electron chi connectivity index (χ3n) is 3.11. The van der Waals surface area contributed by atoms with Crippen LogP contribution in [0.5, 0.6) is 0 Å². The van der Waals surface area contributed by atoms with Crippen LogP contribution in [-0.2, 0) is 12.7 Å². The van der Waals surface area contributed by atoms with E-state index in [0.717, 1.165) is 10.9 Å². The third kappa shape index (κ3) is 3.61. The maximum Gasteiger partial charge on any atom is 0.416 e. The summed E-state index contributed by atoms with van der Waals surface area (Å²) in [4.78, 5) is 2.32. The Balaban J connectivity index is 2.11. The van der Waals surface area contributed by atoms with Crippen LogP contribution >= 0.6 is 11.3 Å². The molecule has 0 aliphatic rings. The van der Waals surface area contributed by atoms with E-state index in [2.05, 4.69) is 5.32 Å². The second-order valence-corrected chi connectivity index (χ2v) is 6.07. The predicted octanol–water partition coefficient (Wildman–Crippen LogP) is 4.93. The fourth-order valence-electron chi connectivity index (χ4n) is 2.08. The molecule has 0 saturated carbocycles. The van der Waals surface area contributed by atoms with Gasteiger partial charge in [0, 0.05) is 22.3 Å². The maximum atomic E-state index is 12.9. The average Bonchev–Trinajstić information content (AvgIpc) is 2.81. The molecule has 108 valence electrons. The zero-order valence-electron chi connectivity index (χ0n) is 11.3. The highest BCUT2D eigenvalue weighted by Gasteiger charge is 2.33. The molecule has 1 unspecified atom stereocenters. The van der Waals surface area contributed by atoms with Crippen molar-refractivity contribution in [2.75, 3.05) is 0 Å². The molecule has 0 saturated heterocycles. The van der Waals surface area contributed by atoms with Gasteiger partial charge in [0.1, 0.15) is 0 Å². The Bertz CT molecular complexity index is 574. The smallest absolute Gasteiger partial charge is 0.305 e. The minimum Gasteiger partial charge on any atom is -0.305 e. The highest BCUT2D eigenvalue weighted by Crippen LogP contribution is 2.34. The van der Waals surface area contributed by atoms with Gasteiger partial charge in [-0.25, -0.2) is 0 Å². The van der Waals surface area contributed by atoms with Gasteiger partial charge >= 0.3 is 6.18 Å². The van der Waals surface area contributed by atoms with Crippen molar-refractivity contribution < 1.29 is 13.2 Å². The molecule has 2 aromatic rings. The van der Waals surface area contributed by atoms with Crippen LogP contribution in [0.25, 0.3) is 0 Å². The topological polar surface area (TPSA) is 12.0 Å². The summed E-state index contributed by atoms with van der Waals surface area (Å²) >= 11 is 1.65. The summed E-state index contributed by atoms with van der Waals surface area (Å²) in [7, 11) is 0. The van der Waals surface area contributed by atoms with Crippen molar-refractivity contribution in [3.05, 3.63) is 57.3 Å². The van der Waals surface area contributed by atoms with Crippen molar-refractivity contribution in [2.24, 2.45) is 0 Å². The molecule has 2 rings (SSSR count). The molecule has 1 nitrogen and oxygen atoms in total. The zero-order chi connectivity index (χ0) is 14.8. The number of benzene rings is 1. The normalized spacial score (nSPS) is 13.4. The molecule has 0 spiro atoms. The lowest BCUT2D eigenvalue weighted by Crippen LogP contribution is -2.21.